The molecule has 0 aliphatic rings. The quantitative estimate of drug-likeness (QED) is 0.783. The number of aliphatic hydroxyl groups excluding tert-OH is 1. The minimum atomic E-state index is -0.399. The van der Waals surface area contributed by atoms with Gasteiger partial charge in [0.05, 0.1) is 6.10 Å². The first-order chi connectivity index (χ1) is 6.40. The van der Waals surface area contributed by atoms with E-state index in [1.807, 2.05) is 13.0 Å². The van der Waals surface area contributed by atoms with Gasteiger partial charge in [0, 0.05) is 18.0 Å². The molecule has 1 rings (SSSR count). The average molecular weight is 193 g/mol. The number of hydrogen-bond acceptors (Lipinski definition) is 2. The molecule has 1 unspecified atom stereocenters. The molecule has 0 saturated heterocycles. The Labute approximate surface area is 86.0 Å². The molecule has 0 aliphatic carbocycles. The van der Waals surface area contributed by atoms with E-state index in [2.05, 4.69) is 25.8 Å². The number of aliphatic hydroxyl groups is 1. The maximum atomic E-state index is 10.00. The van der Waals surface area contributed by atoms with Crippen molar-refractivity contribution in [1.29, 1.82) is 0 Å². The topological polar surface area (TPSA) is 33.1 Å². The van der Waals surface area contributed by atoms with Crippen LogP contribution in [0.25, 0.3) is 0 Å². The van der Waals surface area contributed by atoms with Crippen molar-refractivity contribution in [2.75, 3.05) is 0 Å². The number of aryl methyl sites for hydroxylation is 1. The zero-order valence-corrected chi connectivity index (χ0v) is 9.41. The first-order valence-corrected chi connectivity index (χ1v) is 4.99. The predicted molar refractivity (Wildman–Crippen MR) is 58.0 cm³/mol. The molecule has 0 amide bonds. The SMILES string of the molecule is Cc1ccncc1C(O)CC(C)(C)C. The highest BCUT2D eigenvalue weighted by atomic mass is 16.3. The van der Waals surface area contributed by atoms with Gasteiger partial charge in [-0.3, -0.25) is 4.98 Å². The molecule has 1 aromatic heterocycles. The van der Waals surface area contributed by atoms with Crippen molar-refractivity contribution in [3.63, 3.8) is 0 Å². The molecule has 1 heterocycles. The van der Waals surface area contributed by atoms with E-state index in [1.54, 1.807) is 12.4 Å². The van der Waals surface area contributed by atoms with E-state index in [1.165, 1.54) is 0 Å². The highest BCUT2D eigenvalue weighted by Gasteiger charge is 2.19. The van der Waals surface area contributed by atoms with Crippen LogP contribution in [0.5, 0.6) is 0 Å². The van der Waals surface area contributed by atoms with Crippen LogP contribution in [0.3, 0.4) is 0 Å². The number of aromatic nitrogens is 1. The van der Waals surface area contributed by atoms with E-state index in [0.717, 1.165) is 17.5 Å². The fourth-order valence-electron chi connectivity index (χ4n) is 1.52. The minimum Gasteiger partial charge on any atom is -0.388 e. The number of nitrogens with zero attached hydrogens (tertiary/aromatic N) is 1. The Morgan fingerprint density at radius 3 is 2.57 bits per heavy atom. The number of pyridine rings is 1. The summed E-state index contributed by atoms with van der Waals surface area (Å²) in [4.78, 5) is 4.04. The third kappa shape index (κ3) is 3.11. The van der Waals surface area contributed by atoms with Crippen LogP contribution >= 0.6 is 0 Å². The molecule has 0 spiro atoms. The van der Waals surface area contributed by atoms with Crippen LogP contribution in [-0.2, 0) is 0 Å². The molecule has 1 atom stereocenters. The maximum Gasteiger partial charge on any atom is 0.0812 e. The summed E-state index contributed by atoms with van der Waals surface area (Å²) in [5, 5.41) is 10.00. The van der Waals surface area contributed by atoms with Crippen molar-refractivity contribution in [3.8, 4) is 0 Å². The molecule has 0 aliphatic heterocycles. The minimum absolute atomic E-state index is 0.141. The van der Waals surface area contributed by atoms with Gasteiger partial charge in [0.1, 0.15) is 0 Å². The second-order valence-corrected chi connectivity index (χ2v) is 5.01. The van der Waals surface area contributed by atoms with Crippen molar-refractivity contribution < 1.29 is 5.11 Å². The second kappa shape index (κ2) is 4.09. The highest BCUT2D eigenvalue weighted by Crippen LogP contribution is 2.29. The van der Waals surface area contributed by atoms with Gasteiger partial charge in [0.2, 0.25) is 0 Å². The molecular weight excluding hydrogens is 174 g/mol. The zero-order chi connectivity index (χ0) is 10.8. The van der Waals surface area contributed by atoms with Crippen molar-refractivity contribution >= 4 is 0 Å². The van der Waals surface area contributed by atoms with Crippen molar-refractivity contribution in [3.05, 3.63) is 29.6 Å². The summed E-state index contributed by atoms with van der Waals surface area (Å²) in [5.41, 5.74) is 2.20. The normalized spacial score (nSPS) is 14.1. The lowest BCUT2D eigenvalue weighted by Crippen LogP contribution is -2.12. The van der Waals surface area contributed by atoms with Crippen LogP contribution in [0.2, 0.25) is 0 Å². The van der Waals surface area contributed by atoms with E-state index in [0.29, 0.717) is 0 Å². The molecule has 0 saturated carbocycles. The number of hydrogen-bond donors (Lipinski definition) is 1. The summed E-state index contributed by atoms with van der Waals surface area (Å²) in [6.07, 6.45) is 3.87. The van der Waals surface area contributed by atoms with Crippen LogP contribution in [0.1, 0.15) is 44.4 Å². The van der Waals surface area contributed by atoms with Gasteiger partial charge < -0.3 is 5.11 Å². The van der Waals surface area contributed by atoms with Crippen LogP contribution in [0.4, 0.5) is 0 Å². The Morgan fingerprint density at radius 2 is 2.07 bits per heavy atom. The van der Waals surface area contributed by atoms with Gasteiger partial charge in [-0.1, -0.05) is 20.8 Å². The van der Waals surface area contributed by atoms with E-state index in [-0.39, 0.29) is 5.41 Å². The third-order valence-corrected chi connectivity index (χ3v) is 2.24. The number of rotatable bonds is 2. The Bertz CT molecular complexity index is 301. The lowest BCUT2D eigenvalue weighted by molar-refractivity contribution is 0.121. The Hall–Kier alpha value is -0.890. The van der Waals surface area contributed by atoms with Crippen LogP contribution in [-0.4, -0.2) is 10.1 Å². The lowest BCUT2D eigenvalue weighted by atomic mass is 9.86. The molecule has 0 radical (unpaired) electrons. The molecule has 14 heavy (non-hydrogen) atoms. The highest BCUT2D eigenvalue weighted by molar-refractivity contribution is 5.23. The van der Waals surface area contributed by atoms with Crippen molar-refractivity contribution in [2.45, 2.75) is 40.2 Å². The van der Waals surface area contributed by atoms with E-state index in [4.69, 9.17) is 0 Å². The maximum absolute atomic E-state index is 10.00. The Kier molecular flexibility index (Phi) is 3.27. The standard InChI is InChI=1S/C12H19NO/c1-9-5-6-13-8-10(9)11(14)7-12(2,3)4/h5-6,8,11,14H,7H2,1-4H3. The monoisotopic (exact) mass is 193 g/mol. The molecular formula is C12H19NO. The largest absolute Gasteiger partial charge is 0.388 e. The van der Waals surface area contributed by atoms with Gasteiger partial charge in [-0.25, -0.2) is 0 Å². The molecule has 2 heteroatoms. The molecule has 1 aromatic rings. The smallest absolute Gasteiger partial charge is 0.0812 e. The Morgan fingerprint density at radius 1 is 1.43 bits per heavy atom. The van der Waals surface area contributed by atoms with Gasteiger partial charge in [-0.2, -0.15) is 0 Å². The van der Waals surface area contributed by atoms with Gasteiger partial charge in [-0.15, -0.1) is 0 Å². The average Bonchev–Trinajstić information content (AvgIpc) is 2.01. The second-order valence-electron chi connectivity index (χ2n) is 5.01. The van der Waals surface area contributed by atoms with E-state index < -0.39 is 6.10 Å². The lowest BCUT2D eigenvalue weighted by Gasteiger charge is -2.23. The van der Waals surface area contributed by atoms with Crippen molar-refractivity contribution in [2.24, 2.45) is 5.41 Å². The van der Waals surface area contributed by atoms with Gasteiger partial charge in [0.15, 0.2) is 0 Å². The molecule has 2 nitrogen and oxygen atoms in total. The summed E-state index contributed by atoms with van der Waals surface area (Å²) in [5.74, 6) is 0. The van der Waals surface area contributed by atoms with Crippen LogP contribution < -0.4 is 0 Å². The fourth-order valence-corrected chi connectivity index (χ4v) is 1.52. The van der Waals surface area contributed by atoms with Crippen molar-refractivity contribution in [1.82, 2.24) is 4.98 Å². The summed E-state index contributed by atoms with van der Waals surface area (Å²) in [6.45, 7) is 8.38. The van der Waals surface area contributed by atoms with Crippen LogP contribution in [0.15, 0.2) is 18.5 Å². The van der Waals surface area contributed by atoms with Gasteiger partial charge >= 0.3 is 0 Å². The molecule has 0 fully saturated rings. The molecule has 1 N–H and O–H groups in total. The first-order valence-electron chi connectivity index (χ1n) is 4.99. The first kappa shape index (κ1) is 11.2. The van der Waals surface area contributed by atoms with E-state index in [9.17, 15) is 5.11 Å². The van der Waals surface area contributed by atoms with E-state index >= 15 is 0 Å². The molecule has 0 bridgehead atoms. The summed E-state index contributed by atoms with van der Waals surface area (Å²) >= 11 is 0. The van der Waals surface area contributed by atoms with Crippen LogP contribution in [0, 0.1) is 12.3 Å². The summed E-state index contributed by atoms with van der Waals surface area (Å²) < 4.78 is 0. The molecule has 78 valence electrons. The zero-order valence-electron chi connectivity index (χ0n) is 9.41. The third-order valence-electron chi connectivity index (χ3n) is 2.24. The van der Waals surface area contributed by atoms with Gasteiger partial charge in [0.25, 0.3) is 0 Å². The summed E-state index contributed by atoms with van der Waals surface area (Å²) in [7, 11) is 0. The van der Waals surface area contributed by atoms with Gasteiger partial charge in [-0.05, 0) is 30.4 Å². The summed E-state index contributed by atoms with van der Waals surface area (Å²) in [6, 6.07) is 1.93. The molecule has 0 aromatic carbocycles. The Balaban J connectivity index is 2.80. The predicted octanol–water partition coefficient (Wildman–Crippen LogP) is 2.86. The fraction of sp³-hybridized carbons (Fsp3) is 0.583.